The average Bonchev–Trinajstić information content (AvgIpc) is 2.45. The molecule has 120 valence electrons. The number of hydrogen-bond donors (Lipinski definition) is 3. The fraction of sp³-hybridized carbons (Fsp3) is 0.571. The zero-order valence-corrected chi connectivity index (χ0v) is 13.8. The normalized spacial score (nSPS) is 11.8. The third-order valence-corrected chi connectivity index (χ3v) is 4.78. The summed E-state index contributed by atoms with van der Waals surface area (Å²) in [4.78, 5) is 2.36. The molecule has 0 heterocycles. The van der Waals surface area contributed by atoms with Crippen LogP contribution in [0.4, 0.5) is 11.4 Å². The third kappa shape index (κ3) is 5.18. The van der Waals surface area contributed by atoms with Gasteiger partial charge in [-0.3, -0.25) is 0 Å². The highest BCUT2D eigenvalue weighted by Gasteiger charge is 2.18. The van der Waals surface area contributed by atoms with Gasteiger partial charge in [0.2, 0.25) is 10.0 Å². The molecular weight excluding hydrogens is 288 g/mol. The minimum absolute atomic E-state index is 0.198. The second-order valence-corrected chi connectivity index (χ2v) is 6.45. The van der Waals surface area contributed by atoms with Crippen LogP contribution >= 0.6 is 0 Å². The molecule has 6 nitrogen and oxygen atoms in total. The number of likely N-dealkylation sites (N-methyl/N-ethyl adjacent to an activating group) is 1. The zero-order valence-electron chi connectivity index (χ0n) is 13.0. The number of hydrogen-bond acceptors (Lipinski definition) is 5. The van der Waals surface area contributed by atoms with Gasteiger partial charge in [0.15, 0.2) is 0 Å². The Hall–Kier alpha value is -1.31. The van der Waals surface area contributed by atoms with E-state index in [-0.39, 0.29) is 4.90 Å². The van der Waals surface area contributed by atoms with Crippen molar-refractivity contribution in [1.82, 2.24) is 9.62 Å². The molecule has 21 heavy (non-hydrogen) atoms. The van der Waals surface area contributed by atoms with Gasteiger partial charge in [0, 0.05) is 25.3 Å². The summed E-state index contributed by atoms with van der Waals surface area (Å²) in [5, 5.41) is 3.05. The first-order valence-corrected chi connectivity index (χ1v) is 8.78. The standard InChI is InChI=1S/C14H26N4O2S/c1-4-16-13-8-7-12(15)11-14(13)21(19,20)17-9-10-18(5-2)6-3/h7-8,11,16-17H,4-6,9-10,15H2,1-3H3. The van der Waals surface area contributed by atoms with Crippen LogP contribution in [-0.2, 0) is 10.0 Å². The van der Waals surface area contributed by atoms with E-state index in [1.54, 1.807) is 12.1 Å². The van der Waals surface area contributed by atoms with E-state index in [4.69, 9.17) is 5.73 Å². The molecule has 7 heteroatoms. The first kappa shape index (κ1) is 17.7. The molecule has 0 aliphatic carbocycles. The van der Waals surface area contributed by atoms with Gasteiger partial charge in [-0.15, -0.1) is 0 Å². The minimum atomic E-state index is -3.57. The van der Waals surface area contributed by atoms with Crippen molar-refractivity contribution in [1.29, 1.82) is 0 Å². The van der Waals surface area contributed by atoms with Crippen LogP contribution < -0.4 is 15.8 Å². The second kappa shape index (κ2) is 8.21. The number of anilines is 2. The van der Waals surface area contributed by atoms with Gasteiger partial charge in [-0.2, -0.15) is 0 Å². The molecule has 0 amide bonds. The molecule has 0 saturated carbocycles. The molecule has 0 radical (unpaired) electrons. The summed E-state index contributed by atoms with van der Waals surface area (Å²) in [7, 11) is -3.57. The van der Waals surface area contributed by atoms with Crippen LogP contribution in [-0.4, -0.2) is 46.0 Å². The van der Waals surface area contributed by atoms with Crippen molar-refractivity contribution in [3.8, 4) is 0 Å². The molecule has 1 rings (SSSR count). The van der Waals surface area contributed by atoms with E-state index in [0.29, 0.717) is 31.0 Å². The fourth-order valence-electron chi connectivity index (χ4n) is 2.05. The van der Waals surface area contributed by atoms with Crippen LogP contribution in [0.2, 0.25) is 0 Å². The van der Waals surface area contributed by atoms with Crippen molar-refractivity contribution >= 4 is 21.4 Å². The van der Waals surface area contributed by atoms with Gasteiger partial charge in [0.05, 0.1) is 5.69 Å². The Balaban J connectivity index is 2.84. The minimum Gasteiger partial charge on any atom is -0.399 e. The van der Waals surface area contributed by atoms with Crippen molar-refractivity contribution in [2.45, 2.75) is 25.7 Å². The summed E-state index contributed by atoms with van der Waals surface area (Å²) in [6, 6.07) is 4.86. The van der Waals surface area contributed by atoms with E-state index in [1.165, 1.54) is 6.07 Å². The SMILES string of the molecule is CCNc1ccc(N)cc1S(=O)(=O)NCCN(CC)CC. The molecule has 0 saturated heterocycles. The van der Waals surface area contributed by atoms with Crippen LogP contribution in [0.25, 0.3) is 0 Å². The summed E-state index contributed by atoms with van der Waals surface area (Å²) in [6.45, 7) is 9.54. The lowest BCUT2D eigenvalue weighted by Crippen LogP contribution is -2.35. The monoisotopic (exact) mass is 314 g/mol. The topological polar surface area (TPSA) is 87.5 Å². The fourth-order valence-corrected chi connectivity index (χ4v) is 3.29. The summed E-state index contributed by atoms with van der Waals surface area (Å²) in [6.07, 6.45) is 0. The first-order valence-electron chi connectivity index (χ1n) is 7.30. The van der Waals surface area contributed by atoms with E-state index < -0.39 is 10.0 Å². The molecule has 0 fully saturated rings. The molecule has 4 N–H and O–H groups in total. The molecule has 0 bridgehead atoms. The maximum absolute atomic E-state index is 12.4. The highest BCUT2D eigenvalue weighted by Crippen LogP contribution is 2.23. The average molecular weight is 314 g/mol. The number of rotatable bonds is 9. The Labute approximate surface area is 127 Å². The smallest absolute Gasteiger partial charge is 0.242 e. The van der Waals surface area contributed by atoms with Crippen LogP contribution in [0, 0.1) is 0 Å². The molecule has 0 aliphatic heterocycles. The van der Waals surface area contributed by atoms with E-state index in [2.05, 4.69) is 28.8 Å². The second-order valence-electron chi connectivity index (χ2n) is 4.71. The maximum Gasteiger partial charge on any atom is 0.242 e. The van der Waals surface area contributed by atoms with Crippen molar-refractivity contribution in [3.05, 3.63) is 18.2 Å². The highest BCUT2D eigenvalue weighted by molar-refractivity contribution is 7.89. The van der Waals surface area contributed by atoms with E-state index in [9.17, 15) is 8.42 Å². The van der Waals surface area contributed by atoms with Crippen LogP contribution in [0.1, 0.15) is 20.8 Å². The van der Waals surface area contributed by atoms with Gasteiger partial charge in [-0.1, -0.05) is 13.8 Å². The van der Waals surface area contributed by atoms with Gasteiger partial charge >= 0.3 is 0 Å². The first-order chi connectivity index (χ1) is 9.94. The molecule has 1 aromatic carbocycles. The number of nitrogens with one attached hydrogen (secondary N) is 2. The lowest BCUT2D eigenvalue weighted by molar-refractivity contribution is 0.309. The predicted molar refractivity (Wildman–Crippen MR) is 88.0 cm³/mol. The van der Waals surface area contributed by atoms with Crippen molar-refractivity contribution in [2.75, 3.05) is 43.8 Å². The van der Waals surface area contributed by atoms with Crippen molar-refractivity contribution in [3.63, 3.8) is 0 Å². The molecule has 0 aliphatic rings. The molecule has 0 atom stereocenters. The zero-order chi connectivity index (χ0) is 15.9. The van der Waals surface area contributed by atoms with Gasteiger partial charge in [0.25, 0.3) is 0 Å². The Bertz CT molecular complexity index is 542. The van der Waals surface area contributed by atoms with Gasteiger partial charge < -0.3 is 16.0 Å². The Morgan fingerprint density at radius 1 is 1.19 bits per heavy atom. The van der Waals surface area contributed by atoms with E-state index >= 15 is 0 Å². The Morgan fingerprint density at radius 2 is 1.86 bits per heavy atom. The lowest BCUT2D eigenvalue weighted by atomic mass is 10.3. The van der Waals surface area contributed by atoms with Gasteiger partial charge in [-0.25, -0.2) is 13.1 Å². The molecule has 0 unspecified atom stereocenters. The number of nitrogens with zero attached hydrogens (tertiary/aromatic N) is 1. The molecule has 0 spiro atoms. The Kier molecular flexibility index (Phi) is 6.94. The van der Waals surface area contributed by atoms with E-state index in [0.717, 1.165) is 13.1 Å². The van der Waals surface area contributed by atoms with Crippen molar-refractivity contribution in [2.24, 2.45) is 0 Å². The van der Waals surface area contributed by atoms with Crippen molar-refractivity contribution < 1.29 is 8.42 Å². The van der Waals surface area contributed by atoms with Gasteiger partial charge in [-0.05, 0) is 38.2 Å². The van der Waals surface area contributed by atoms with Crippen LogP contribution in [0.5, 0.6) is 0 Å². The van der Waals surface area contributed by atoms with Crippen LogP contribution in [0.15, 0.2) is 23.1 Å². The number of sulfonamides is 1. The lowest BCUT2D eigenvalue weighted by Gasteiger charge is -2.18. The highest BCUT2D eigenvalue weighted by atomic mass is 32.2. The maximum atomic E-state index is 12.4. The summed E-state index contributed by atoms with van der Waals surface area (Å²) < 4.78 is 27.5. The molecule has 1 aromatic rings. The molecular formula is C14H26N4O2S. The summed E-state index contributed by atoms with van der Waals surface area (Å²) in [5.41, 5.74) is 6.71. The Morgan fingerprint density at radius 3 is 2.43 bits per heavy atom. The van der Waals surface area contributed by atoms with E-state index in [1.807, 2.05) is 6.92 Å². The van der Waals surface area contributed by atoms with Gasteiger partial charge in [0.1, 0.15) is 4.90 Å². The number of nitrogen functional groups attached to an aromatic ring is 1. The summed E-state index contributed by atoms with van der Waals surface area (Å²) >= 11 is 0. The third-order valence-electron chi connectivity index (χ3n) is 3.28. The quantitative estimate of drug-likeness (QED) is 0.598. The number of benzene rings is 1. The van der Waals surface area contributed by atoms with Crippen LogP contribution in [0.3, 0.4) is 0 Å². The number of nitrogens with two attached hydrogens (primary N) is 1. The molecule has 0 aromatic heterocycles. The largest absolute Gasteiger partial charge is 0.399 e. The predicted octanol–water partition coefficient (Wildman–Crippen LogP) is 1.32. The summed E-state index contributed by atoms with van der Waals surface area (Å²) in [5.74, 6) is 0.